The Morgan fingerprint density at radius 3 is 2.58 bits per heavy atom. The second-order valence-corrected chi connectivity index (χ2v) is 5.17. The van der Waals surface area contributed by atoms with Crippen molar-refractivity contribution in [3.8, 4) is 11.8 Å². The SMILES string of the molecule is Cc1cc(C(C#N)N2CCCNCC2)cc(C)c1O. The van der Waals surface area contributed by atoms with Crippen LogP contribution in [0.25, 0.3) is 0 Å². The van der Waals surface area contributed by atoms with E-state index in [9.17, 15) is 10.4 Å². The predicted octanol–water partition coefficient (Wildman–Crippen LogP) is 1.87. The van der Waals surface area contributed by atoms with Gasteiger partial charge in [-0.25, -0.2) is 0 Å². The van der Waals surface area contributed by atoms with Crippen LogP contribution in [-0.4, -0.2) is 36.2 Å². The quantitative estimate of drug-likeness (QED) is 0.851. The van der Waals surface area contributed by atoms with Crippen LogP contribution in [0.3, 0.4) is 0 Å². The topological polar surface area (TPSA) is 59.3 Å². The highest BCUT2D eigenvalue weighted by molar-refractivity contribution is 5.44. The van der Waals surface area contributed by atoms with Crippen LogP contribution in [0.5, 0.6) is 5.75 Å². The van der Waals surface area contributed by atoms with Gasteiger partial charge in [0.25, 0.3) is 0 Å². The van der Waals surface area contributed by atoms with Crippen molar-refractivity contribution >= 4 is 0 Å². The minimum atomic E-state index is -0.224. The molecule has 1 aliphatic heterocycles. The first-order valence-electron chi connectivity index (χ1n) is 6.78. The van der Waals surface area contributed by atoms with E-state index < -0.39 is 0 Å². The molecule has 0 amide bonds. The Morgan fingerprint density at radius 2 is 1.95 bits per heavy atom. The number of rotatable bonds is 2. The highest BCUT2D eigenvalue weighted by Gasteiger charge is 2.22. The van der Waals surface area contributed by atoms with Crippen molar-refractivity contribution in [3.05, 3.63) is 28.8 Å². The van der Waals surface area contributed by atoms with Crippen molar-refractivity contribution < 1.29 is 5.11 Å². The fourth-order valence-corrected chi connectivity index (χ4v) is 2.64. The fourth-order valence-electron chi connectivity index (χ4n) is 2.64. The molecule has 0 bridgehead atoms. The molecular formula is C15H21N3O. The van der Waals surface area contributed by atoms with Gasteiger partial charge in [-0.2, -0.15) is 5.26 Å². The molecule has 0 saturated carbocycles. The summed E-state index contributed by atoms with van der Waals surface area (Å²) < 4.78 is 0. The molecule has 4 heteroatoms. The molecule has 2 rings (SSSR count). The Kier molecular flexibility index (Phi) is 4.41. The van der Waals surface area contributed by atoms with E-state index in [1.807, 2.05) is 26.0 Å². The van der Waals surface area contributed by atoms with Gasteiger partial charge in [0, 0.05) is 19.6 Å². The van der Waals surface area contributed by atoms with Crippen LogP contribution in [0.1, 0.15) is 29.2 Å². The third-order valence-electron chi connectivity index (χ3n) is 3.69. The maximum atomic E-state index is 9.83. The highest BCUT2D eigenvalue weighted by Crippen LogP contribution is 2.28. The Morgan fingerprint density at radius 1 is 1.26 bits per heavy atom. The average Bonchev–Trinajstić information content (AvgIpc) is 2.66. The molecule has 0 aromatic heterocycles. The van der Waals surface area contributed by atoms with Crippen LogP contribution in [0.2, 0.25) is 0 Å². The minimum Gasteiger partial charge on any atom is -0.507 e. The monoisotopic (exact) mass is 259 g/mol. The summed E-state index contributed by atoms with van der Waals surface area (Å²) >= 11 is 0. The van der Waals surface area contributed by atoms with Crippen LogP contribution in [0.15, 0.2) is 12.1 Å². The number of nitriles is 1. The van der Waals surface area contributed by atoms with Crippen molar-refractivity contribution in [2.45, 2.75) is 26.3 Å². The maximum absolute atomic E-state index is 9.83. The Hall–Kier alpha value is -1.57. The Balaban J connectivity index is 2.29. The van der Waals surface area contributed by atoms with Crippen molar-refractivity contribution in [2.24, 2.45) is 0 Å². The zero-order valence-corrected chi connectivity index (χ0v) is 11.6. The van der Waals surface area contributed by atoms with E-state index >= 15 is 0 Å². The van der Waals surface area contributed by atoms with Gasteiger partial charge >= 0.3 is 0 Å². The molecule has 0 aliphatic carbocycles. The molecule has 2 N–H and O–H groups in total. The van der Waals surface area contributed by atoms with Crippen LogP contribution in [0.4, 0.5) is 0 Å². The first kappa shape index (κ1) is 13.9. The zero-order chi connectivity index (χ0) is 13.8. The summed E-state index contributed by atoms with van der Waals surface area (Å²) in [6, 6.07) is 6.03. The summed E-state index contributed by atoms with van der Waals surface area (Å²) in [7, 11) is 0. The molecule has 1 aliphatic rings. The van der Waals surface area contributed by atoms with Gasteiger partial charge in [-0.15, -0.1) is 0 Å². The molecule has 19 heavy (non-hydrogen) atoms. The molecule has 1 saturated heterocycles. The molecule has 1 fully saturated rings. The van der Waals surface area contributed by atoms with E-state index in [4.69, 9.17) is 0 Å². The molecule has 1 atom stereocenters. The molecule has 1 heterocycles. The third kappa shape index (κ3) is 3.06. The number of benzene rings is 1. The van der Waals surface area contributed by atoms with E-state index in [1.54, 1.807) is 0 Å². The summed E-state index contributed by atoms with van der Waals surface area (Å²) in [5, 5.41) is 22.7. The zero-order valence-electron chi connectivity index (χ0n) is 11.6. The summed E-state index contributed by atoms with van der Waals surface area (Å²) in [6.07, 6.45) is 1.06. The molecule has 102 valence electrons. The smallest absolute Gasteiger partial charge is 0.123 e. The summed E-state index contributed by atoms with van der Waals surface area (Å²) in [4.78, 5) is 2.21. The van der Waals surface area contributed by atoms with E-state index in [1.165, 1.54) is 0 Å². The lowest BCUT2D eigenvalue weighted by Crippen LogP contribution is -2.31. The lowest BCUT2D eigenvalue weighted by molar-refractivity contribution is 0.252. The van der Waals surface area contributed by atoms with Crippen LogP contribution >= 0.6 is 0 Å². The lowest BCUT2D eigenvalue weighted by atomic mass is 9.99. The molecule has 0 radical (unpaired) electrons. The van der Waals surface area contributed by atoms with Crippen molar-refractivity contribution in [3.63, 3.8) is 0 Å². The first-order chi connectivity index (χ1) is 9.13. The fraction of sp³-hybridized carbons (Fsp3) is 0.533. The molecule has 4 nitrogen and oxygen atoms in total. The van der Waals surface area contributed by atoms with Gasteiger partial charge in [0.05, 0.1) is 6.07 Å². The number of hydrogen-bond acceptors (Lipinski definition) is 4. The first-order valence-corrected chi connectivity index (χ1v) is 6.78. The second-order valence-electron chi connectivity index (χ2n) is 5.17. The van der Waals surface area contributed by atoms with Gasteiger partial charge in [-0.3, -0.25) is 4.90 Å². The number of phenolic OH excluding ortho intramolecular Hbond substituents is 1. The molecule has 1 unspecified atom stereocenters. The van der Waals surface area contributed by atoms with Crippen LogP contribution in [-0.2, 0) is 0 Å². The molecule has 0 spiro atoms. The van der Waals surface area contributed by atoms with Gasteiger partial charge in [-0.1, -0.05) is 0 Å². The van der Waals surface area contributed by atoms with Gasteiger partial charge in [0.2, 0.25) is 0 Å². The predicted molar refractivity (Wildman–Crippen MR) is 75.0 cm³/mol. The molecular weight excluding hydrogens is 238 g/mol. The number of aryl methyl sites for hydroxylation is 2. The van der Waals surface area contributed by atoms with E-state index in [0.717, 1.165) is 49.3 Å². The largest absolute Gasteiger partial charge is 0.507 e. The normalized spacial score (nSPS) is 18.6. The van der Waals surface area contributed by atoms with Crippen molar-refractivity contribution in [1.82, 2.24) is 10.2 Å². The number of nitrogens with one attached hydrogen (secondary N) is 1. The molecule has 1 aromatic carbocycles. The van der Waals surface area contributed by atoms with E-state index in [0.29, 0.717) is 5.75 Å². The van der Waals surface area contributed by atoms with Gasteiger partial charge in [0.15, 0.2) is 0 Å². The van der Waals surface area contributed by atoms with Gasteiger partial charge < -0.3 is 10.4 Å². The Labute approximate surface area is 114 Å². The molecule has 1 aromatic rings. The lowest BCUT2D eigenvalue weighted by Gasteiger charge is -2.26. The van der Waals surface area contributed by atoms with Crippen molar-refractivity contribution in [1.29, 1.82) is 5.26 Å². The van der Waals surface area contributed by atoms with Crippen LogP contribution < -0.4 is 5.32 Å². The number of nitrogens with zero attached hydrogens (tertiary/aromatic N) is 2. The minimum absolute atomic E-state index is 0.224. The standard InChI is InChI=1S/C15H21N3O/c1-11-8-13(9-12(2)15(11)19)14(10-16)18-6-3-4-17-5-7-18/h8-9,14,17,19H,3-7H2,1-2H3. The van der Waals surface area contributed by atoms with E-state index in [2.05, 4.69) is 16.3 Å². The number of hydrogen-bond donors (Lipinski definition) is 2. The van der Waals surface area contributed by atoms with Gasteiger partial charge in [-0.05, 0) is 55.6 Å². The van der Waals surface area contributed by atoms with Crippen molar-refractivity contribution in [2.75, 3.05) is 26.2 Å². The summed E-state index contributed by atoms with van der Waals surface area (Å²) in [6.45, 7) is 7.52. The summed E-state index contributed by atoms with van der Waals surface area (Å²) in [5.41, 5.74) is 2.66. The highest BCUT2D eigenvalue weighted by atomic mass is 16.3. The number of aromatic hydroxyl groups is 1. The van der Waals surface area contributed by atoms with Crippen LogP contribution in [0, 0.1) is 25.2 Å². The maximum Gasteiger partial charge on any atom is 0.123 e. The number of phenols is 1. The second kappa shape index (κ2) is 6.05. The van der Waals surface area contributed by atoms with Gasteiger partial charge in [0.1, 0.15) is 11.8 Å². The Bertz CT molecular complexity index is 462. The van der Waals surface area contributed by atoms with E-state index in [-0.39, 0.29) is 6.04 Å². The summed E-state index contributed by atoms with van der Waals surface area (Å²) in [5.74, 6) is 0.331. The average molecular weight is 259 g/mol. The third-order valence-corrected chi connectivity index (χ3v) is 3.69.